The van der Waals surface area contributed by atoms with Gasteiger partial charge >= 0.3 is 23.5 Å². The number of nitrogens with zero attached hydrogens (tertiary/aromatic N) is 4. The quantitative estimate of drug-likeness (QED) is 0.0437. The molecule has 10 N–H and O–H groups in total. The van der Waals surface area contributed by atoms with E-state index in [0.717, 1.165) is 25.6 Å². The molecule has 21 nitrogen and oxygen atoms in total. The van der Waals surface area contributed by atoms with Gasteiger partial charge in [0.05, 0.1) is 11.0 Å². The van der Waals surface area contributed by atoms with E-state index in [1.54, 1.807) is 0 Å². The number of phosphoric acid groups is 3. The van der Waals surface area contributed by atoms with Gasteiger partial charge in [0.1, 0.15) is 24.6 Å². The first kappa shape index (κ1) is 36.1. The van der Waals surface area contributed by atoms with E-state index in [1.807, 2.05) is 22.6 Å². The maximum absolute atomic E-state index is 12.1. The molecule has 244 valence electrons. The van der Waals surface area contributed by atoms with Gasteiger partial charge in [-0.15, -0.1) is 0 Å². The number of anilines is 2. The summed E-state index contributed by atoms with van der Waals surface area (Å²) < 4.78 is 53.6. The number of aromatic nitrogens is 4. The maximum Gasteiger partial charge on any atom is 0.490 e. The number of nitrogen functional groups attached to an aromatic ring is 1. The van der Waals surface area contributed by atoms with Crippen LogP contribution in [0.1, 0.15) is 31.9 Å². The number of hydrogen-bond donors (Lipinski definition) is 9. The second-order valence-corrected chi connectivity index (χ2v) is 14.2. The summed E-state index contributed by atoms with van der Waals surface area (Å²) in [4.78, 5) is 60.0. The normalized spacial score (nSPS) is 23.6. The predicted octanol–water partition coefficient (Wildman–Crippen LogP) is -0.106. The van der Waals surface area contributed by atoms with E-state index in [4.69, 9.17) is 20.3 Å². The number of phosphoric ester groups is 1. The number of ether oxygens (including phenoxy) is 1. The number of hydrogen-bond acceptors (Lipinski definition) is 15. The van der Waals surface area contributed by atoms with E-state index in [0.29, 0.717) is 23.9 Å². The van der Waals surface area contributed by atoms with Crippen LogP contribution < -0.4 is 16.4 Å². The molecule has 3 rings (SSSR count). The van der Waals surface area contributed by atoms with Crippen LogP contribution in [0.25, 0.3) is 11.2 Å². The molecule has 6 unspecified atom stereocenters. The molecule has 2 aromatic heterocycles. The summed E-state index contributed by atoms with van der Waals surface area (Å²) in [5, 5.41) is 27.2. The number of halogens is 1. The van der Waals surface area contributed by atoms with Crippen molar-refractivity contribution in [1.82, 2.24) is 24.8 Å². The van der Waals surface area contributed by atoms with Gasteiger partial charge in [-0.3, -0.25) is 13.9 Å². The van der Waals surface area contributed by atoms with Crippen molar-refractivity contribution in [2.75, 3.05) is 35.2 Å². The lowest BCUT2D eigenvalue weighted by Crippen LogP contribution is -2.33. The highest BCUT2D eigenvalue weighted by Crippen LogP contribution is 2.66. The van der Waals surface area contributed by atoms with Crippen LogP contribution in [0, 0.1) is 0 Å². The highest BCUT2D eigenvalue weighted by molar-refractivity contribution is 14.1. The average Bonchev–Trinajstić information content (AvgIpc) is 3.39. The molecular formula is C18H31IN7O14P3. The summed E-state index contributed by atoms with van der Waals surface area (Å²) in [7, 11) is -16.9. The molecule has 1 saturated heterocycles. The number of nitrogens with one attached hydrogen (secondary N) is 2. The summed E-state index contributed by atoms with van der Waals surface area (Å²) in [6, 6.07) is 0. The molecule has 1 aliphatic rings. The van der Waals surface area contributed by atoms with Gasteiger partial charge in [-0.2, -0.15) is 8.62 Å². The minimum Gasteiger partial charge on any atom is -0.387 e. The van der Waals surface area contributed by atoms with Crippen molar-refractivity contribution >= 4 is 74.9 Å². The second-order valence-electron chi connectivity index (χ2n) is 8.99. The van der Waals surface area contributed by atoms with Gasteiger partial charge < -0.3 is 50.9 Å². The van der Waals surface area contributed by atoms with Crippen LogP contribution in [0.4, 0.5) is 11.8 Å². The largest absolute Gasteiger partial charge is 0.490 e. The average molecular weight is 789 g/mol. The van der Waals surface area contributed by atoms with Gasteiger partial charge in [0.2, 0.25) is 11.9 Å². The third-order valence-electron chi connectivity index (χ3n) is 5.75. The molecule has 0 spiro atoms. The molecule has 1 aliphatic heterocycles. The lowest BCUT2D eigenvalue weighted by molar-refractivity contribution is -0.118. The van der Waals surface area contributed by atoms with Gasteiger partial charge in [-0.25, -0.2) is 28.6 Å². The molecule has 3 heterocycles. The maximum atomic E-state index is 12.1. The number of unbranched alkanes of at least 4 members (excludes halogenated alkanes) is 3. The highest BCUT2D eigenvalue weighted by Gasteiger charge is 2.47. The Bertz CT molecular complexity index is 1410. The summed E-state index contributed by atoms with van der Waals surface area (Å²) in [5.74, 6) is 0.125. The zero-order valence-electron chi connectivity index (χ0n) is 22.1. The van der Waals surface area contributed by atoms with Crippen molar-refractivity contribution in [1.29, 1.82) is 0 Å². The van der Waals surface area contributed by atoms with E-state index < -0.39 is 54.6 Å². The third kappa shape index (κ3) is 10.6. The summed E-state index contributed by atoms with van der Waals surface area (Å²) >= 11 is 1.98. The fourth-order valence-corrected chi connectivity index (χ4v) is 7.22. The van der Waals surface area contributed by atoms with Gasteiger partial charge in [-0.1, -0.05) is 35.4 Å². The molecule has 0 saturated carbocycles. The Kier molecular flexibility index (Phi) is 12.8. The molecule has 25 heteroatoms. The standard InChI is InChI=1S/C18H31IN7O14P3/c19-7-11(27)21-5-3-1-2-4-6-22-18-25-12-15(20)23-9-24-16(12)26(18)17-14(29)13(28)10(38-17)8-37-42(33,34)40-43(35,36)39-41(30,31)32/h9-10,13-14,17,28-29H,1-8H2,(H,21,27)(H,22,25)(H,33,34)(H,35,36)(H2,20,23,24)(H2,30,31,32). The lowest BCUT2D eigenvalue weighted by Gasteiger charge is -2.20. The predicted molar refractivity (Wildman–Crippen MR) is 154 cm³/mol. The molecule has 0 radical (unpaired) electrons. The summed E-state index contributed by atoms with van der Waals surface area (Å²) in [6.07, 6.45) is -2.03. The molecule has 0 bridgehead atoms. The number of nitrogens with two attached hydrogens (primary N) is 1. The number of aliphatic hydroxyl groups is 2. The first-order valence-electron chi connectivity index (χ1n) is 12.4. The van der Waals surface area contributed by atoms with Crippen molar-refractivity contribution in [2.45, 2.75) is 50.2 Å². The van der Waals surface area contributed by atoms with Crippen LogP contribution in [0.5, 0.6) is 0 Å². The number of imidazole rings is 1. The highest BCUT2D eigenvalue weighted by atomic mass is 127. The van der Waals surface area contributed by atoms with Gasteiger partial charge in [0.15, 0.2) is 23.2 Å². The molecule has 43 heavy (non-hydrogen) atoms. The van der Waals surface area contributed by atoms with Gasteiger partial charge in [-0.05, 0) is 12.8 Å². The Hall–Kier alpha value is -1.36. The van der Waals surface area contributed by atoms with Crippen LogP contribution in [0.15, 0.2) is 6.33 Å². The van der Waals surface area contributed by atoms with Crippen molar-refractivity contribution in [3.8, 4) is 0 Å². The first-order chi connectivity index (χ1) is 20.0. The van der Waals surface area contributed by atoms with E-state index in [-0.39, 0.29) is 28.8 Å². The number of alkyl halides is 1. The molecule has 6 atom stereocenters. The smallest absolute Gasteiger partial charge is 0.387 e. The zero-order valence-corrected chi connectivity index (χ0v) is 26.9. The van der Waals surface area contributed by atoms with E-state index in [9.17, 15) is 38.5 Å². The number of carbonyl (C=O) groups excluding carboxylic acids is 1. The number of carbonyl (C=O) groups is 1. The Labute approximate surface area is 257 Å². The van der Waals surface area contributed by atoms with E-state index in [1.165, 1.54) is 4.57 Å². The minimum atomic E-state index is -5.76. The van der Waals surface area contributed by atoms with E-state index in [2.05, 4.69) is 38.7 Å². The molecule has 2 aromatic rings. The fourth-order valence-electron chi connectivity index (χ4n) is 3.92. The Morgan fingerprint density at radius 2 is 1.70 bits per heavy atom. The monoisotopic (exact) mass is 789 g/mol. The summed E-state index contributed by atoms with van der Waals surface area (Å²) in [6.45, 7) is -0.00764. The Morgan fingerprint density at radius 3 is 2.35 bits per heavy atom. The van der Waals surface area contributed by atoms with Crippen LogP contribution in [0.3, 0.4) is 0 Å². The topological polar surface area (TPSA) is 320 Å². The van der Waals surface area contributed by atoms with Gasteiger partial charge in [0.25, 0.3) is 0 Å². The number of fused-ring (bicyclic) bond motifs is 1. The zero-order chi connectivity index (χ0) is 32.0. The molecular weight excluding hydrogens is 758 g/mol. The Morgan fingerprint density at radius 1 is 1.02 bits per heavy atom. The van der Waals surface area contributed by atoms with Crippen molar-refractivity contribution in [3.63, 3.8) is 0 Å². The van der Waals surface area contributed by atoms with Crippen LogP contribution in [-0.2, 0) is 36.4 Å². The molecule has 1 fully saturated rings. The van der Waals surface area contributed by atoms with Crippen molar-refractivity contribution in [3.05, 3.63) is 6.33 Å². The number of rotatable bonds is 17. The summed E-state index contributed by atoms with van der Waals surface area (Å²) in [5.41, 5.74) is 6.20. The van der Waals surface area contributed by atoms with Crippen LogP contribution >= 0.6 is 46.1 Å². The SMILES string of the molecule is Nc1ncnc2c1nc(NCCCCCCNC(=O)CI)n2C1OC(COP(=O)(O)OP(=O)(O)OP(=O)(O)O)C(O)C1O. The number of amides is 1. The first-order valence-corrected chi connectivity index (χ1v) is 18.4. The fraction of sp³-hybridized carbons (Fsp3) is 0.667. The molecule has 0 aromatic carbocycles. The molecule has 1 amide bonds. The third-order valence-corrected chi connectivity index (χ3v) is 10.2. The molecule has 0 aliphatic carbocycles. The van der Waals surface area contributed by atoms with E-state index >= 15 is 0 Å². The van der Waals surface area contributed by atoms with Crippen molar-refractivity contribution < 1.29 is 66.2 Å². The van der Waals surface area contributed by atoms with Crippen LogP contribution in [-0.4, -0.2) is 97.6 Å². The Balaban J connectivity index is 1.67. The van der Waals surface area contributed by atoms with Crippen LogP contribution in [0.2, 0.25) is 0 Å². The number of aliphatic hydroxyl groups excluding tert-OH is 2. The van der Waals surface area contributed by atoms with Gasteiger partial charge in [0, 0.05) is 13.1 Å². The minimum absolute atomic E-state index is 0.0117. The lowest BCUT2D eigenvalue weighted by atomic mass is 10.1. The van der Waals surface area contributed by atoms with Crippen molar-refractivity contribution in [2.24, 2.45) is 0 Å². The second kappa shape index (κ2) is 15.3.